The van der Waals surface area contributed by atoms with Crippen LogP contribution in [0.2, 0.25) is 0 Å². The molecule has 2 aliphatic rings. The minimum Gasteiger partial charge on any atom is -0.341 e. The molecular weight excluding hydrogens is 421 g/mol. The molecule has 2 aliphatic heterocycles. The predicted octanol–water partition coefficient (Wildman–Crippen LogP) is 3.41. The van der Waals surface area contributed by atoms with E-state index in [9.17, 15) is 18.8 Å². The summed E-state index contributed by atoms with van der Waals surface area (Å²) in [5, 5.41) is 3.01. The van der Waals surface area contributed by atoms with Crippen LogP contribution in [0, 0.1) is 18.7 Å². The van der Waals surface area contributed by atoms with Gasteiger partial charge in [-0.25, -0.2) is 4.39 Å². The average Bonchev–Trinajstić information content (AvgIpc) is 3.37. The summed E-state index contributed by atoms with van der Waals surface area (Å²) in [4.78, 5) is 42.7. The molecule has 2 aromatic rings. The number of likely N-dealkylation sites (tertiary alicyclic amines) is 2. The van der Waals surface area contributed by atoms with E-state index in [1.165, 1.54) is 12.1 Å². The number of rotatable bonds is 5. The van der Waals surface area contributed by atoms with E-state index >= 15 is 0 Å². The molecule has 0 saturated carbocycles. The van der Waals surface area contributed by atoms with Gasteiger partial charge in [-0.2, -0.15) is 0 Å². The second-order valence-electron chi connectivity index (χ2n) is 8.91. The largest absolute Gasteiger partial charge is 0.341 e. The molecule has 0 bridgehead atoms. The summed E-state index contributed by atoms with van der Waals surface area (Å²) in [6.45, 7) is 4.13. The third-order valence-corrected chi connectivity index (χ3v) is 6.76. The summed E-state index contributed by atoms with van der Waals surface area (Å²) in [6, 6.07) is 12.7. The summed E-state index contributed by atoms with van der Waals surface area (Å²) in [6.07, 6.45) is 3.08. The lowest BCUT2D eigenvalue weighted by Gasteiger charge is -2.37. The summed E-state index contributed by atoms with van der Waals surface area (Å²) in [5.41, 5.74) is 1.48. The minimum atomic E-state index is -0.638. The lowest BCUT2D eigenvalue weighted by Crippen LogP contribution is -2.54. The van der Waals surface area contributed by atoms with Crippen LogP contribution in [-0.2, 0) is 4.79 Å². The van der Waals surface area contributed by atoms with Gasteiger partial charge in [0, 0.05) is 31.7 Å². The van der Waals surface area contributed by atoms with Crippen molar-refractivity contribution in [3.05, 3.63) is 71.0 Å². The van der Waals surface area contributed by atoms with Crippen LogP contribution in [-0.4, -0.2) is 59.7 Å². The van der Waals surface area contributed by atoms with Crippen molar-refractivity contribution in [2.24, 2.45) is 5.92 Å². The fourth-order valence-corrected chi connectivity index (χ4v) is 4.80. The van der Waals surface area contributed by atoms with Crippen LogP contribution < -0.4 is 5.32 Å². The van der Waals surface area contributed by atoms with Gasteiger partial charge < -0.3 is 15.1 Å². The number of amides is 3. The van der Waals surface area contributed by atoms with E-state index in [0.29, 0.717) is 44.6 Å². The van der Waals surface area contributed by atoms with Crippen LogP contribution >= 0.6 is 0 Å². The Balaban J connectivity index is 1.47. The third-order valence-electron chi connectivity index (χ3n) is 6.76. The monoisotopic (exact) mass is 451 g/mol. The number of aryl methyl sites for hydroxylation is 1. The molecule has 2 fully saturated rings. The maximum Gasteiger partial charge on any atom is 0.256 e. The second-order valence-corrected chi connectivity index (χ2v) is 8.91. The Bertz CT molecular complexity index is 1030. The van der Waals surface area contributed by atoms with Crippen molar-refractivity contribution in [3.8, 4) is 0 Å². The highest BCUT2D eigenvalue weighted by molar-refractivity contribution is 5.99. The molecule has 0 spiro atoms. The zero-order valence-electron chi connectivity index (χ0n) is 18.9. The number of carbonyl (C=O) groups is 3. The topological polar surface area (TPSA) is 69.7 Å². The number of hydrogen-bond donors (Lipinski definition) is 1. The molecule has 0 radical (unpaired) electrons. The zero-order valence-corrected chi connectivity index (χ0v) is 18.9. The predicted molar refractivity (Wildman–Crippen MR) is 123 cm³/mol. The Morgan fingerprint density at radius 2 is 1.48 bits per heavy atom. The van der Waals surface area contributed by atoms with Crippen LogP contribution in [0.4, 0.5) is 4.39 Å². The van der Waals surface area contributed by atoms with Gasteiger partial charge in [-0.15, -0.1) is 0 Å². The summed E-state index contributed by atoms with van der Waals surface area (Å²) in [5.74, 6) is -1.25. The number of hydrogen-bond acceptors (Lipinski definition) is 3. The molecule has 174 valence electrons. The highest BCUT2D eigenvalue weighted by Crippen LogP contribution is 2.25. The van der Waals surface area contributed by atoms with E-state index in [-0.39, 0.29) is 29.2 Å². The Morgan fingerprint density at radius 3 is 2.12 bits per heavy atom. The molecular formula is C26H30FN3O3. The molecule has 33 heavy (non-hydrogen) atoms. The van der Waals surface area contributed by atoms with Gasteiger partial charge >= 0.3 is 0 Å². The molecule has 2 aromatic carbocycles. The van der Waals surface area contributed by atoms with Crippen LogP contribution in [0.5, 0.6) is 0 Å². The fraction of sp³-hybridized carbons (Fsp3) is 0.423. The minimum absolute atomic E-state index is 0.0479. The quantitative estimate of drug-likeness (QED) is 0.758. The third kappa shape index (κ3) is 5.07. The zero-order chi connectivity index (χ0) is 23.4. The van der Waals surface area contributed by atoms with E-state index in [1.54, 1.807) is 23.1 Å². The molecule has 3 amide bonds. The van der Waals surface area contributed by atoms with E-state index in [4.69, 9.17) is 0 Å². The highest BCUT2D eigenvalue weighted by atomic mass is 19.1. The average molecular weight is 452 g/mol. The molecule has 1 N–H and O–H groups in total. The number of halogens is 1. The number of nitrogens with zero attached hydrogens (tertiary/aromatic N) is 2. The van der Waals surface area contributed by atoms with Crippen LogP contribution in [0.3, 0.4) is 0 Å². The van der Waals surface area contributed by atoms with Gasteiger partial charge in [0.2, 0.25) is 5.91 Å². The van der Waals surface area contributed by atoms with Gasteiger partial charge in [0.25, 0.3) is 11.8 Å². The Kier molecular flexibility index (Phi) is 7.06. The first-order valence-corrected chi connectivity index (χ1v) is 11.6. The fourth-order valence-electron chi connectivity index (χ4n) is 4.80. The maximum absolute atomic E-state index is 14.1. The molecule has 4 rings (SSSR count). The molecule has 1 atom stereocenters. The van der Waals surface area contributed by atoms with Gasteiger partial charge in [-0.05, 0) is 62.3 Å². The van der Waals surface area contributed by atoms with E-state index in [0.717, 1.165) is 18.4 Å². The molecule has 7 heteroatoms. The van der Waals surface area contributed by atoms with Gasteiger partial charge in [0.05, 0.1) is 5.56 Å². The molecule has 2 heterocycles. The van der Waals surface area contributed by atoms with Gasteiger partial charge in [0.15, 0.2) is 0 Å². The summed E-state index contributed by atoms with van der Waals surface area (Å²) < 4.78 is 14.1. The van der Waals surface area contributed by atoms with Gasteiger partial charge in [-0.3, -0.25) is 14.4 Å². The molecule has 0 aromatic heterocycles. The Morgan fingerprint density at radius 1 is 0.879 bits per heavy atom. The molecule has 0 aliphatic carbocycles. The van der Waals surface area contributed by atoms with Crippen molar-refractivity contribution in [2.75, 3.05) is 26.2 Å². The van der Waals surface area contributed by atoms with Crippen LogP contribution in [0.15, 0.2) is 48.5 Å². The first-order valence-electron chi connectivity index (χ1n) is 11.6. The molecule has 6 nitrogen and oxygen atoms in total. The number of carbonyl (C=O) groups excluding carboxylic acids is 3. The first kappa shape index (κ1) is 23.0. The maximum atomic E-state index is 14.1. The smallest absolute Gasteiger partial charge is 0.256 e. The van der Waals surface area contributed by atoms with E-state index < -0.39 is 11.9 Å². The van der Waals surface area contributed by atoms with Crippen molar-refractivity contribution < 1.29 is 18.8 Å². The SMILES string of the molecule is Cc1ccccc1C(=O)NC(C(=O)N1CCCC1)C1CCN(C(=O)c2ccccc2F)CC1. The van der Waals surface area contributed by atoms with Crippen molar-refractivity contribution in [1.29, 1.82) is 0 Å². The second kappa shape index (κ2) is 10.1. The first-order chi connectivity index (χ1) is 16.0. The van der Waals surface area contributed by atoms with Crippen molar-refractivity contribution in [3.63, 3.8) is 0 Å². The molecule has 1 unspecified atom stereocenters. The van der Waals surface area contributed by atoms with Gasteiger partial charge in [-0.1, -0.05) is 30.3 Å². The van der Waals surface area contributed by atoms with E-state index in [2.05, 4.69) is 5.32 Å². The number of nitrogens with one attached hydrogen (secondary N) is 1. The normalized spacial score (nSPS) is 17.6. The van der Waals surface area contributed by atoms with Crippen molar-refractivity contribution >= 4 is 17.7 Å². The standard InChI is InChI=1S/C26H30FN3O3/c1-18-8-2-3-9-20(18)24(31)28-23(26(33)29-14-6-7-15-29)19-12-16-30(17-13-19)25(32)21-10-4-5-11-22(21)27/h2-5,8-11,19,23H,6-7,12-17H2,1H3,(H,28,31). The van der Waals surface area contributed by atoms with Crippen molar-refractivity contribution in [1.82, 2.24) is 15.1 Å². The summed E-state index contributed by atoms with van der Waals surface area (Å²) >= 11 is 0. The van der Waals surface area contributed by atoms with Gasteiger partial charge in [0.1, 0.15) is 11.9 Å². The number of piperidine rings is 1. The lowest BCUT2D eigenvalue weighted by atomic mass is 9.87. The van der Waals surface area contributed by atoms with Crippen LogP contribution in [0.25, 0.3) is 0 Å². The Hall–Kier alpha value is -3.22. The van der Waals surface area contributed by atoms with E-state index in [1.807, 2.05) is 30.0 Å². The van der Waals surface area contributed by atoms with Crippen molar-refractivity contribution in [2.45, 2.75) is 38.6 Å². The summed E-state index contributed by atoms with van der Waals surface area (Å²) in [7, 11) is 0. The highest BCUT2D eigenvalue weighted by Gasteiger charge is 2.37. The number of benzene rings is 2. The lowest BCUT2D eigenvalue weighted by molar-refractivity contribution is -0.134. The molecule has 2 saturated heterocycles. The van der Waals surface area contributed by atoms with Crippen LogP contribution in [0.1, 0.15) is 52.0 Å². The Labute approximate surface area is 193 Å².